The minimum Gasteiger partial charge on any atom is -0.490 e. The summed E-state index contributed by atoms with van der Waals surface area (Å²) in [5.41, 5.74) is 4.86. The van der Waals surface area contributed by atoms with Crippen molar-refractivity contribution in [3.8, 4) is 17.6 Å². The summed E-state index contributed by atoms with van der Waals surface area (Å²) in [6, 6.07) is 6.55. The second-order valence-electron chi connectivity index (χ2n) is 6.06. The van der Waals surface area contributed by atoms with Gasteiger partial charge in [-0.3, -0.25) is 20.4 Å². The van der Waals surface area contributed by atoms with Crippen LogP contribution in [0.4, 0.5) is 0 Å². The number of nitrogens with zero attached hydrogens (tertiary/aromatic N) is 1. The molecule has 1 aromatic rings. The average Bonchev–Trinajstić information content (AvgIpc) is 2.97. The Balaban J connectivity index is 1.78. The largest absolute Gasteiger partial charge is 0.490 e. The number of hydrazine groups is 1. The second kappa shape index (κ2) is 9.23. The number of nitriles is 1. The zero-order chi connectivity index (χ0) is 19.9. The Morgan fingerprint density at radius 1 is 1.22 bits per heavy atom. The Hall–Kier alpha value is -2.80. The summed E-state index contributed by atoms with van der Waals surface area (Å²) in [4.78, 5) is 23.6. The lowest BCUT2D eigenvalue weighted by molar-refractivity contribution is -0.130. The van der Waals surface area contributed by atoms with E-state index in [1.165, 1.54) is 18.2 Å². The highest BCUT2D eigenvalue weighted by molar-refractivity contribution is 7.91. The molecule has 27 heavy (non-hydrogen) atoms. The molecule has 9 nitrogen and oxygen atoms in total. The summed E-state index contributed by atoms with van der Waals surface area (Å²) >= 11 is 0. The molecule has 1 heterocycles. The minimum absolute atomic E-state index is 0.00360. The fraction of sp³-hybridized carbons (Fsp3) is 0.471. The molecule has 2 rings (SSSR count). The lowest BCUT2D eigenvalue weighted by Gasteiger charge is -2.13. The standard InChI is InChI=1S/C17H21N3O6S/c1-2-25-15-7-12(9-18)3-4-14(15)26-10-17(22)20-19-16(21)8-13-5-6-27(23,24)11-13/h3-4,7,13H,2,5-6,8,10-11H2,1H3,(H,19,21)(H,20,22)/t13-/m0/s1. The molecule has 2 amide bonds. The third-order valence-corrected chi connectivity index (χ3v) is 5.71. The summed E-state index contributed by atoms with van der Waals surface area (Å²) < 4.78 is 33.5. The first-order valence-electron chi connectivity index (χ1n) is 8.41. The highest BCUT2D eigenvalue weighted by Gasteiger charge is 2.29. The SMILES string of the molecule is CCOc1cc(C#N)ccc1OCC(=O)NNC(=O)C[C@@H]1CCS(=O)(=O)C1. The topological polar surface area (TPSA) is 135 Å². The van der Waals surface area contributed by atoms with Crippen molar-refractivity contribution in [1.82, 2.24) is 10.9 Å². The van der Waals surface area contributed by atoms with Crippen LogP contribution in [0.3, 0.4) is 0 Å². The zero-order valence-electron chi connectivity index (χ0n) is 14.9. The number of hydrogen-bond acceptors (Lipinski definition) is 7. The summed E-state index contributed by atoms with van der Waals surface area (Å²) in [6.45, 7) is 1.77. The van der Waals surface area contributed by atoms with E-state index in [9.17, 15) is 18.0 Å². The van der Waals surface area contributed by atoms with Crippen molar-refractivity contribution >= 4 is 21.7 Å². The average molecular weight is 395 g/mol. The van der Waals surface area contributed by atoms with Crippen LogP contribution in [-0.2, 0) is 19.4 Å². The molecule has 0 radical (unpaired) electrons. The summed E-state index contributed by atoms with van der Waals surface area (Å²) in [5, 5.41) is 8.91. The molecule has 0 aromatic heterocycles. The first-order chi connectivity index (χ1) is 12.8. The number of hydrogen-bond donors (Lipinski definition) is 2. The van der Waals surface area contributed by atoms with Gasteiger partial charge in [0.1, 0.15) is 0 Å². The third kappa shape index (κ3) is 6.45. The molecule has 0 saturated carbocycles. The van der Waals surface area contributed by atoms with Crippen LogP contribution >= 0.6 is 0 Å². The van der Waals surface area contributed by atoms with Crippen molar-refractivity contribution < 1.29 is 27.5 Å². The van der Waals surface area contributed by atoms with E-state index in [2.05, 4.69) is 10.9 Å². The molecular formula is C17H21N3O6S. The van der Waals surface area contributed by atoms with Gasteiger partial charge < -0.3 is 9.47 Å². The van der Waals surface area contributed by atoms with Gasteiger partial charge in [-0.2, -0.15) is 5.26 Å². The van der Waals surface area contributed by atoms with Gasteiger partial charge in [-0.25, -0.2) is 8.42 Å². The van der Waals surface area contributed by atoms with Crippen molar-refractivity contribution in [3.05, 3.63) is 23.8 Å². The van der Waals surface area contributed by atoms with Crippen LogP contribution in [0.2, 0.25) is 0 Å². The van der Waals surface area contributed by atoms with Gasteiger partial charge >= 0.3 is 0 Å². The molecule has 146 valence electrons. The van der Waals surface area contributed by atoms with E-state index in [1.54, 1.807) is 6.92 Å². The van der Waals surface area contributed by atoms with E-state index < -0.39 is 21.7 Å². The molecule has 0 unspecified atom stereocenters. The van der Waals surface area contributed by atoms with Crippen molar-refractivity contribution in [2.24, 2.45) is 5.92 Å². The molecular weight excluding hydrogens is 374 g/mol. The van der Waals surface area contributed by atoms with Crippen LogP contribution in [0, 0.1) is 17.2 Å². The molecule has 1 atom stereocenters. The number of nitrogens with one attached hydrogen (secondary N) is 2. The van der Waals surface area contributed by atoms with E-state index in [0.717, 1.165) is 0 Å². The summed E-state index contributed by atoms with van der Waals surface area (Å²) in [5.74, 6) is -0.540. The fourth-order valence-corrected chi connectivity index (χ4v) is 4.49. The number of carbonyl (C=O) groups excluding carboxylic acids is 2. The number of sulfone groups is 1. The molecule has 1 fully saturated rings. The number of ether oxygens (including phenoxy) is 2. The van der Waals surface area contributed by atoms with E-state index in [-0.39, 0.29) is 30.5 Å². The van der Waals surface area contributed by atoms with Crippen LogP contribution in [-0.4, -0.2) is 45.0 Å². The van der Waals surface area contributed by atoms with Crippen molar-refractivity contribution in [3.63, 3.8) is 0 Å². The van der Waals surface area contributed by atoms with Crippen LogP contribution in [0.1, 0.15) is 25.3 Å². The molecule has 1 aromatic carbocycles. The van der Waals surface area contributed by atoms with E-state index in [0.29, 0.717) is 30.1 Å². The molecule has 1 saturated heterocycles. The van der Waals surface area contributed by atoms with E-state index in [1.807, 2.05) is 6.07 Å². The zero-order valence-corrected chi connectivity index (χ0v) is 15.7. The van der Waals surface area contributed by atoms with Gasteiger partial charge in [0.05, 0.1) is 29.7 Å². The number of amides is 2. The second-order valence-corrected chi connectivity index (χ2v) is 8.29. The van der Waals surface area contributed by atoms with E-state index in [4.69, 9.17) is 14.7 Å². The summed E-state index contributed by atoms with van der Waals surface area (Å²) in [6.07, 6.45) is 0.482. The maximum absolute atomic E-state index is 11.8. The van der Waals surface area contributed by atoms with Gasteiger partial charge in [0, 0.05) is 12.5 Å². The molecule has 1 aliphatic heterocycles. The van der Waals surface area contributed by atoms with Crippen molar-refractivity contribution in [2.45, 2.75) is 19.8 Å². The van der Waals surface area contributed by atoms with Gasteiger partial charge in [0.15, 0.2) is 27.9 Å². The van der Waals surface area contributed by atoms with Crippen LogP contribution in [0.25, 0.3) is 0 Å². The first kappa shape index (κ1) is 20.5. The Morgan fingerprint density at radius 3 is 2.59 bits per heavy atom. The molecule has 1 aliphatic rings. The lowest BCUT2D eigenvalue weighted by Crippen LogP contribution is -2.44. The van der Waals surface area contributed by atoms with Crippen molar-refractivity contribution in [2.75, 3.05) is 24.7 Å². The predicted molar refractivity (Wildman–Crippen MR) is 95.5 cm³/mol. The third-order valence-electron chi connectivity index (χ3n) is 3.87. The maximum atomic E-state index is 11.8. The van der Waals surface area contributed by atoms with Gasteiger partial charge in [-0.1, -0.05) is 0 Å². The molecule has 10 heteroatoms. The Bertz CT molecular complexity index is 847. The van der Waals surface area contributed by atoms with Gasteiger partial charge in [0.2, 0.25) is 5.91 Å². The first-order valence-corrected chi connectivity index (χ1v) is 10.2. The van der Waals surface area contributed by atoms with E-state index >= 15 is 0 Å². The monoisotopic (exact) mass is 395 g/mol. The maximum Gasteiger partial charge on any atom is 0.276 e. The van der Waals surface area contributed by atoms with Crippen molar-refractivity contribution in [1.29, 1.82) is 5.26 Å². The van der Waals surface area contributed by atoms with Crippen LogP contribution in [0.15, 0.2) is 18.2 Å². The molecule has 0 aliphatic carbocycles. The molecule has 0 bridgehead atoms. The Labute approximate surface area is 157 Å². The highest BCUT2D eigenvalue weighted by atomic mass is 32.2. The predicted octanol–water partition coefficient (Wildman–Crippen LogP) is 0.308. The number of carbonyl (C=O) groups is 2. The van der Waals surface area contributed by atoms with Crippen LogP contribution < -0.4 is 20.3 Å². The van der Waals surface area contributed by atoms with Gasteiger partial charge in [-0.15, -0.1) is 0 Å². The normalized spacial score (nSPS) is 17.6. The smallest absolute Gasteiger partial charge is 0.276 e. The number of rotatable bonds is 7. The van der Waals surface area contributed by atoms with Crippen LogP contribution in [0.5, 0.6) is 11.5 Å². The van der Waals surface area contributed by atoms with Gasteiger partial charge in [-0.05, 0) is 31.4 Å². The lowest BCUT2D eigenvalue weighted by atomic mass is 10.1. The summed E-state index contributed by atoms with van der Waals surface area (Å²) in [7, 11) is -3.04. The quantitative estimate of drug-likeness (QED) is 0.634. The van der Waals surface area contributed by atoms with Gasteiger partial charge in [0.25, 0.3) is 5.91 Å². The fourth-order valence-electron chi connectivity index (χ4n) is 2.63. The minimum atomic E-state index is -3.04. The Kier molecular flexibility index (Phi) is 7.01. The highest BCUT2D eigenvalue weighted by Crippen LogP contribution is 2.28. The molecule has 0 spiro atoms. The molecule has 2 N–H and O–H groups in total. The number of benzene rings is 1. The Morgan fingerprint density at radius 2 is 1.96 bits per heavy atom.